The molecule has 1 fully saturated rings. The Morgan fingerprint density at radius 3 is 2.67 bits per heavy atom. The minimum Gasteiger partial charge on any atom is -0.319 e. The van der Waals surface area contributed by atoms with Gasteiger partial charge in [-0.2, -0.15) is 5.10 Å². The lowest BCUT2D eigenvalue weighted by molar-refractivity contribution is -0.124. The molecule has 0 aromatic carbocycles. The van der Waals surface area contributed by atoms with Gasteiger partial charge >= 0.3 is 6.03 Å². The van der Waals surface area contributed by atoms with Crippen molar-refractivity contribution in [3.63, 3.8) is 0 Å². The number of rotatable bonds is 2. The van der Waals surface area contributed by atoms with Gasteiger partial charge in [0.25, 0.3) is 5.91 Å². The van der Waals surface area contributed by atoms with E-state index in [4.69, 9.17) is 0 Å². The van der Waals surface area contributed by atoms with Gasteiger partial charge in [-0.05, 0) is 6.42 Å². The van der Waals surface area contributed by atoms with E-state index in [0.29, 0.717) is 12.0 Å². The molecular weight excluding hydrogens is 196 g/mol. The maximum absolute atomic E-state index is 11.7. The molecule has 0 bridgehead atoms. The molecule has 3 amide bonds. The number of urea groups is 1. The van der Waals surface area contributed by atoms with Crippen molar-refractivity contribution >= 4 is 11.9 Å². The minimum absolute atomic E-state index is 0.317. The third-order valence-electron chi connectivity index (χ3n) is 2.67. The number of hydrogen-bond acceptors (Lipinski definition) is 3. The Labute approximate surface area is 86.6 Å². The van der Waals surface area contributed by atoms with Gasteiger partial charge in [-0.25, -0.2) is 4.79 Å². The SMILES string of the molecule is CC[C@@]1(c2cnn(C)c2)NC(=O)NC1=O. The highest BCUT2D eigenvalue weighted by molar-refractivity contribution is 6.07. The van der Waals surface area contributed by atoms with Crippen LogP contribution in [0.25, 0.3) is 0 Å². The molecule has 1 aliphatic heterocycles. The number of aryl methyl sites for hydroxylation is 1. The third kappa shape index (κ3) is 1.29. The fourth-order valence-corrected chi connectivity index (χ4v) is 1.79. The zero-order valence-electron chi connectivity index (χ0n) is 8.57. The van der Waals surface area contributed by atoms with E-state index in [0.717, 1.165) is 0 Å². The first-order valence-corrected chi connectivity index (χ1v) is 4.71. The lowest BCUT2D eigenvalue weighted by Crippen LogP contribution is -2.42. The monoisotopic (exact) mass is 208 g/mol. The van der Waals surface area contributed by atoms with Crippen molar-refractivity contribution in [3.8, 4) is 0 Å². The molecule has 1 saturated heterocycles. The quantitative estimate of drug-likeness (QED) is 0.664. The lowest BCUT2D eigenvalue weighted by Gasteiger charge is -2.22. The van der Waals surface area contributed by atoms with E-state index in [9.17, 15) is 9.59 Å². The fourth-order valence-electron chi connectivity index (χ4n) is 1.79. The van der Waals surface area contributed by atoms with Crippen LogP contribution in [0.15, 0.2) is 12.4 Å². The van der Waals surface area contributed by atoms with E-state index < -0.39 is 11.6 Å². The summed E-state index contributed by atoms with van der Waals surface area (Å²) in [5.74, 6) is -0.317. The molecule has 0 radical (unpaired) electrons. The molecule has 2 rings (SSSR count). The molecule has 1 atom stereocenters. The largest absolute Gasteiger partial charge is 0.322 e. The van der Waals surface area contributed by atoms with Crippen LogP contribution in [0.1, 0.15) is 18.9 Å². The van der Waals surface area contributed by atoms with Crippen molar-refractivity contribution in [1.82, 2.24) is 20.4 Å². The van der Waals surface area contributed by atoms with Gasteiger partial charge in [-0.3, -0.25) is 14.8 Å². The van der Waals surface area contributed by atoms with Crippen molar-refractivity contribution in [2.75, 3.05) is 0 Å². The maximum Gasteiger partial charge on any atom is 0.322 e. The van der Waals surface area contributed by atoms with Gasteiger partial charge in [0.05, 0.1) is 6.20 Å². The summed E-state index contributed by atoms with van der Waals surface area (Å²) in [7, 11) is 1.77. The van der Waals surface area contributed by atoms with E-state index >= 15 is 0 Å². The molecule has 0 saturated carbocycles. The molecule has 0 unspecified atom stereocenters. The summed E-state index contributed by atoms with van der Waals surface area (Å²) >= 11 is 0. The molecule has 1 aliphatic rings. The summed E-state index contributed by atoms with van der Waals surface area (Å²) < 4.78 is 1.60. The Bertz CT molecular complexity index is 426. The summed E-state index contributed by atoms with van der Waals surface area (Å²) in [5.41, 5.74) is -0.249. The Balaban J connectivity index is 2.46. The number of carbonyl (C=O) groups is 2. The molecule has 80 valence electrons. The molecular formula is C9H12N4O2. The molecule has 6 heteroatoms. The second-order valence-electron chi connectivity index (χ2n) is 3.57. The van der Waals surface area contributed by atoms with Gasteiger partial charge in [-0.1, -0.05) is 6.92 Å². The summed E-state index contributed by atoms with van der Waals surface area (Å²) in [6.07, 6.45) is 3.82. The number of imide groups is 1. The summed E-state index contributed by atoms with van der Waals surface area (Å²) in [5, 5.41) is 8.88. The van der Waals surface area contributed by atoms with E-state index in [2.05, 4.69) is 15.7 Å². The number of hydrogen-bond donors (Lipinski definition) is 2. The van der Waals surface area contributed by atoms with E-state index in [1.807, 2.05) is 6.92 Å². The topological polar surface area (TPSA) is 76.0 Å². The number of aromatic nitrogens is 2. The molecule has 1 aromatic heterocycles. The molecule has 2 heterocycles. The second-order valence-corrected chi connectivity index (χ2v) is 3.57. The van der Waals surface area contributed by atoms with E-state index in [1.165, 1.54) is 0 Å². The number of carbonyl (C=O) groups excluding carboxylic acids is 2. The summed E-state index contributed by atoms with van der Waals surface area (Å²) in [6, 6.07) is -0.453. The lowest BCUT2D eigenvalue weighted by atomic mass is 9.90. The summed E-state index contributed by atoms with van der Waals surface area (Å²) in [6.45, 7) is 1.85. The van der Waals surface area contributed by atoms with Gasteiger partial charge in [0.15, 0.2) is 0 Å². The molecule has 15 heavy (non-hydrogen) atoms. The molecule has 0 aliphatic carbocycles. The maximum atomic E-state index is 11.7. The Kier molecular flexibility index (Phi) is 1.99. The first-order valence-electron chi connectivity index (χ1n) is 4.71. The van der Waals surface area contributed by atoms with E-state index in [1.54, 1.807) is 24.1 Å². The Morgan fingerprint density at radius 1 is 1.53 bits per heavy atom. The van der Waals surface area contributed by atoms with Crippen LogP contribution in [0.5, 0.6) is 0 Å². The van der Waals surface area contributed by atoms with Crippen LogP contribution in [0.3, 0.4) is 0 Å². The molecule has 2 N–H and O–H groups in total. The number of nitrogens with one attached hydrogen (secondary N) is 2. The average Bonchev–Trinajstić information content (AvgIpc) is 2.71. The first kappa shape index (κ1) is 9.70. The Hall–Kier alpha value is -1.85. The highest BCUT2D eigenvalue weighted by atomic mass is 16.2. The van der Waals surface area contributed by atoms with Gasteiger partial charge < -0.3 is 5.32 Å². The van der Waals surface area contributed by atoms with Gasteiger partial charge in [0.1, 0.15) is 5.54 Å². The van der Waals surface area contributed by atoms with Crippen LogP contribution in [0, 0.1) is 0 Å². The molecule has 1 aromatic rings. The van der Waals surface area contributed by atoms with Crippen molar-refractivity contribution in [2.45, 2.75) is 18.9 Å². The predicted molar refractivity (Wildman–Crippen MR) is 51.9 cm³/mol. The van der Waals surface area contributed by atoms with Crippen LogP contribution in [-0.2, 0) is 17.4 Å². The minimum atomic E-state index is -0.953. The smallest absolute Gasteiger partial charge is 0.319 e. The van der Waals surface area contributed by atoms with Crippen molar-refractivity contribution in [2.24, 2.45) is 7.05 Å². The highest BCUT2D eigenvalue weighted by Crippen LogP contribution is 2.27. The third-order valence-corrected chi connectivity index (χ3v) is 2.67. The molecule has 0 spiro atoms. The average molecular weight is 208 g/mol. The first-order chi connectivity index (χ1) is 7.08. The van der Waals surface area contributed by atoms with Crippen LogP contribution in [0.4, 0.5) is 4.79 Å². The number of amides is 3. The normalized spacial score (nSPS) is 25.2. The Morgan fingerprint density at radius 2 is 2.27 bits per heavy atom. The highest BCUT2D eigenvalue weighted by Gasteiger charge is 2.46. The van der Waals surface area contributed by atoms with Gasteiger partial charge in [-0.15, -0.1) is 0 Å². The fraction of sp³-hybridized carbons (Fsp3) is 0.444. The van der Waals surface area contributed by atoms with E-state index in [-0.39, 0.29) is 5.91 Å². The van der Waals surface area contributed by atoms with Crippen LogP contribution < -0.4 is 10.6 Å². The standard InChI is InChI=1S/C9H12N4O2/c1-3-9(6-4-10-13(2)5-6)7(14)11-8(15)12-9/h4-5H,3H2,1-2H3,(H2,11,12,14,15)/t9-/m0/s1. The van der Waals surface area contributed by atoms with Crippen LogP contribution in [0.2, 0.25) is 0 Å². The van der Waals surface area contributed by atoms with Gasteiger partial charge in [0, 0.05) is 18.8 Å². The zero-order valence-corrected chi connectivity index (χ0v) is 8.57. The van der Waals surface area contributed by atoms with Crippen molar-refractivity contribution in [3.05, 3.63) is 18.0 Å². The van der Waals surface area contributed by atoms with Crippen molar-refractivity contribution < 1.29 is 9.59 Å². The van der Waals surface area contributed by atoms with Crippen LogP contribution >= 0.6 is 0 Å². The molecule has 6 nitrogen and oxygen atoms in total. The summed E-state index contributed by atoms with van der Waals surface area (Å²) in [4.78, 5) is 22.9. The zero-order chi connectivity index (χ0) is 11.1. The van der Waals surface area contributed by atoms with Gasteiger partial charge in [0.2, 0.25) is 0 Å². The van der Waals surface area contributed by atoms with Crippen LogP contribution in [-0.4, -0.2) is 21.7 Å². The van der Waals surface area contributed by atoms with Crippen molar-refractivity contribution in [1.29, 1.82) is 0 Å². The second kappa shape index (κ2) is 3.08. The number of nitrogens with zero attached hydrogens (tertiary/aromatic N) is 2. The predicted octanol–water partition coefficient (Wildman–Crippen LogP) is -0.135.